The quantitative estimate of drug-likeness (QED) is 0.724. The molecule has 0 atom stereocenters. The van der Waals surface area contributed by atoms with Crippen molar-refractivity contribution in [2.24, 2.45) is 0 Å². The molecule has 1 aromatic heterocycles. The zero-order chi connectivity index (χ0) is 17.6. The van der Waals surface area contributed by atoms with Gasteiger partial charge in [-0.05, 0) is 23.3 Å². The lowest BCUT2D eigenvalue weighted by Crippen LogP contribution is -2.14. The zero-order valence-electron chi connectivity index (χ0n) is 13.4. The first-order chi connectivity index (χ1) is 12.1. The second-order valence-electron chi connectivity index (χ2n) is 5.54. The van der Waals surface area contributed by atoms with Gasteiger partial charge in [0.2, 0.25) is 5.91 Å². The summed E-state index contributed by atoms with van der Waals surface area (Å²) in [5.41, 5.74) is 3.03. The largest absolute Gasteiger partial charge is 0.478 e. The number of carboxylic acid groups (broad SMARTS) is 1. The molecular formula is C19H17N3O3. The molecule has 0 saturated heterocycles. The van der Waals surface area contributed by atoms with E-state index in [1.807, 2.05) is 54.6 Å². The van der Waals surface area contributed by atoms with E-state index >= 15 is 0 Å². The van der Waals surface area contributed by atoms with Crippen molar-refractivity contribution in [3.05, 3.63) is 72.6 Å². The third-order valence-corrected chi connectivity index (χ3v) is 3.72. The Bertz CT molecular complexity index is 870. The van der Waals surface area contributed by atoms with E-state index in [1.54, 1.807) is 0 Å². The lowest BCUT2D eigenvalue weighted by Gasteiger charge is -2.07. The number of rotatable bonds is 6. The fourth-order valence-electron chi connectivity index (χ4n) is 2.41. The van der Waals surface area contributed by atoms with Crippen molar-refractivity contribution in [3.8, 4) is 11.1 Å². The summed E-state index contributed by atoms with van der Waals surface area (Å²) < 4.78 is 1.45. The highest BCUT2D eigenvalue weighted by atomic mass is 16.4. The first-order valence-corrected chi connectivity index (χ1v) is 7.83. The summed E-state index contributed by atoms with van der Waals surface area (Å²) in [5.74, 6) is -1.19. The standard InChI is InChI=1S/C19H17N3O3/c23-18(10-11-22-13-16(12-20-22)19(24)25)21-17-8-6-15(7-9-17)14-4-2-1-3-5-14/h1-9,12-13H,10-11H2,(H,21,23)(H,24,25). The van der Waals surface area contributed by atoms with Crippen LogP contribution < -0.4 is 5.32 Å². The third kappa shape index (κ3) is 4.32. The van der Waals surface area contributed by atoms with E-state index in [-0.39, 0.29) is 17.9 Å². The summed E-state index contributed by atoms with van der Waals surface area (Å²) in [6.45, 7) is 0.321. The van der Waals surface area contributed by atoms with Crippen LogP contribution in [0.4, 0.5) is 5.69 Å². The molecule has 3 aromatic rings. The highest BCUT2D eigenvalue weighted by molar-refractivity contribution is 5.91. The first-order valence-electron chi connectivity index (χ1n) is 7.83. The summed E-state index contributed by atoms with van der Waals surface area (Å²) in [4.78, 5) is 22.8. The number of carboxylic acids is 1. The molecule has 126 valence electrons. The highest BCUT2D eigenvalue weighted by Gasteiger charge is 2.08. The average Bonchev–Trinajstić information content (AvgIpc) is 3.11. The SMILES string of the molecule is O=C(CCn1cc(C(=O)O)cn1)Nc1ccc(-c2ccccc2)cc1. The summed E-state index contributed by atoms with van der Waals surface area (Å²) in [6, 6.07) is 17.6. The van der Waals surface area contributed by atoms with Gasteiger partial charge in [0.15, 0.2) is 0 Å². The van der Waals surface area contributed by atoms with Crippen LogP contribution in [-0.2, 0) is 11.3 Å². The molecule has 0 saturated carbocycles. The van der Waals surface area contributed by atoms with E-state index in [0.717, 1.165) is 16.8 Å². The van der Waals surface area contributed by atoms with Crippen molar-refractivity contribution in [2.75, 3.05) is 5.32 Å². The summed E-state index contributed by atoms with van der Waals surface area (Å²) in [7, 11) is 0. The monoisotopic (exact) mass is 335 g/mol. The number of aryl methyl sites for hydroxylation is 1. The second-order valence-corrected chi connectivity index (χ2v) is 5.54. The fourth-order valence-corrected chi connectivity index (χ4v) is 2.41. The van der Waals surface area contributed by atoms with Crippen LogP contribution in [0.5, 0.6) is 0 Å². The number of amides is 1. The number of anilines is 1. The molecule has 0 radical (unpaired) electrons. The molecule has 25 heavy (non-hydrogen) atoms. The number of hydrogen-bond acceptors (Lipinski definition) is 3. The molecular weight excluding hydrogens is 318 g/mol. The topological polar surface area (TPSA) is 84.2 Å². The van der Waals surface area contributed by atoms with E-state index < -0.39 is 5.97 Å². The molecule has 0 bridgehead atoms. The Hall–Kier alpha value is -3.41. The number of nitrogens with zero attached hydrogens (tertiary/aromatic N) is 2. The van der Waals surface area contributed by atoms with Gasteiger partial charge in [-0.1, -0.05) is 42.5 Å². The van der Waals surface area contributed by atoms with Gasteiger partial charge in [0.1, 0.15) is 0 Å². The Morgan fingerprint density at radius 1 is 1.00 bits per heavy atom. The minimum atomic E-state index is -1.03. The van der Waals surface area contributed by atoms with Crippen LogP contribution in [0, 0.1) is 0 Å². The fraction of sp³-hybridized carbons (Fsp3) is 0.105. The van der Waals surface area contributed by atoms with Gasteiger partial charge >= 0.3 is 5.97 Å². The maximum atomic E-state index is 12.0. The molecule has 1 heterocycles. The van der Waals surface area contributed by atoms with Crippen LogP contribution in [0.15, 0.2) is 67.0 Å². The Morgan fingerprint density at radius 2 is 1.68 bits per heavy atom. The van der Waals surface area contributed by atoms with E-state index in [1.165, 1.54) is 17.1 Å². The van der Waals surface area contributed by atoms with Crippen molar-refractivity contribution in [2.45, 2.75) is 13.0 Å². The number of hydrogen-bond donors (Lipinski definition) is 2. The van der Waals surface area contributed by atoms with Gasteiger partial charge in [0.05, 0.1) is 11.8 Å². The Balaban J connectivity index is 1.55. The van der Waals surface area contributed by atoms with Gasteiger partial charge < -0.3 is 10.4 Å². The molecule has 2 aromatic carbocycles. The van der Waals surface area contributed by atoms with E-state index in [2.05, 4.69) is 10.4 Å². The number of carbonyl (C=O) groups is 2. The minimum absolute atomic E-state index is 0.108. The number of aromatic carboxylic acids is 1. The van der Waals surface area contributed by atoms with Crippen LogP contribution in [-0.4, -0.2) is 26.8 Å². The van der Waals surface area contributed by atoms with Crippen molar-refractivity contribution in [3.63, 3.8) is 0 Å². The van der Waals surface area contributed by atoms with Gasteiger partial charge in [-0.3, -0.25) is 9.48 Å². The van der Waals surface area contributed by atoms with Crippen LogP contribution in [0.25, 0.3) is 11.1 Å². The van der Waals surface area contributed by atoms with E-state index in [0.29, 0.717) is 6.54 Å². The smallest absolute Gasteiger partial charge is 0.338 e. The first kappa shape index (κ1) is 16.4. The molecule has 2 N–H and O–H groups in total. The number of carbonyl (C=O) groups excluding carboxylic acids is 1. The van der Waals surface area contributed by atoms with Crippen LogP contribution >= 0.6 is 0 Å². The van der Waals surface area contributed by atoms with Crippen molar-refractivity contribution < 1.29 is 14.7 Å². The molecule has 6 nitrogen and oxygen atoms in total. The minimum Gasteiger partial charge on any atom is -0.478 e. The van der Waals surface area contributed by atoms with Gasteiger partial charge in [-0.25, -0.2) is 4.79 Å². The second kappa shape index (κ2) is 7.44. The van der Waals surface area contributed by atoms with Crippen molar-refractivity contribution in [1.29, 1.82) is 0 Å². The lowest BCUT2D eigenvalue weighted by atomic mass is 10.1. The van der Waals surface area contributed by atoms with Crippen LogP contribution in [0.1, 0.15) is 16.8 Å². The Labute approximate surface area is 144 Å². The predicted octanol–water partition coefficient (Wildman–Crippen LogP) is 3.28. The normalized spacial score (nSPS) is 10.4. The molecule has 0 aliphatic carbocycles. The summed E-state index contributed by atoms with van der Waals surface area (Å²) in [6.07, 6.45) is 2.88. The van der Waals surface area contributed by atoms with Crippen molar-refractivity contribution in [1.82, 2.24) is 9.78 Å². The predicted molar refractivity (Wildman–Crippen MR) is 94.3 cm³/mol. The molecule has 0 spiro atoms. The molecule has 0 aliphatic heterocycles. The zero-order valence-corrected chi connectivity index (χ0v) is 13.4. The highest BCUT2D eigenvalue weighted by Crippen LogP contribution is 2.21. The number of benzene rings is 2. The average molecular weight is 335 g/mol. The Morgan fingerprint density at radius 3 is 2.32 bits per heavy atom. The van der Waals surface area contributed by atoms with Crippen molar-refractivity contribution >= 4 is 17.6 Å². The molecule has 1 amide bonds. The maximum absolute atomic E-state index is 12.0. The summed E-state index contributed by atoms with van der Waals surface area (Å²) in [5, 5.41) is 15.6. The Kier molecular flexibility index (Phi) is 4.89. The van der Waals surface area contributed by atoms with Gasteiger partial charge in [-0.2, -0.15) is 5.10 Å². The van der Waals surface area contributed by atoms with Gasteiger partial charge in [-0.15, -0.1) is 0 Å². The maximum Gasteiger partial charge on any atom is 0.338 e. The third-order valence-electron chi connectivity index (χ3n) is 3.72. The number of nitrogens with one attached hydrogen (secondary N) is 1. The number of aromatic nitrogens is 2. The molecule has 0 unspecified atom stereocenters. The van der Waals surface area contributed by atoms with Gasteiger partial charge in [0, 0.05) is 24.8 Å². The van der Waals surface area contributed by atoms with E-state index in [9.17, 15) is 9.59 Å². The molecule has 6 heteroatoms. The van der Waals surface area contributed by atoms with Crippen LogP contribution in [0.2, 0.25) is 0 Å². The molecule has 0 aliphatic rings. The van der Waals surface area contributed by atoms with E-state index in [4.69, 9.17) is 5.11 Å². The summed E-state index contributed by atoms with van der Waals surface area (Å²) >= 11 is 0. The lowest BCUT2D eigenvalue weighted by molar-refractivity contribution is -0.116. The van der Waals surface area contributed by atoms with Crippen LogP contribution in [0.3, 0.4) is 0 Å². The van der Waals surface area contributed by atoms with Gasteiger partial charge in [0.25, 0.3) is 0 Å². The molecule has 0 fully saturated rings. The molecule has 3 rings (SSSR count).